The predicted molar refractivity (Wildman–Crippen MR) is 228 cm³/mol. The summed E-state index contributed by atoms with van der Waals surface area (Å²) in [4.78, 5) is 9.61. The average molecular weight is 914 g/mol. The average Bonchev–Trinajstić information content (AvgIpc) is 3.79. The number of fused-ring (bicyclic) bond motifs is 4. The van der Waals surface area contributed by atoms with E-state index < -0.39 is 20.8 Å². The molecule has 1 radical (unpaired) electrons. The van der Waals surface area contributed by atoms with Crippen LogP contribution in [0.25, 0.3) is 72.4 Å². The number of benzene rings is 6. The molecule has 0 unspecified atom stereocenters. The Morgan fingerprint density at radius 3 is 2.31 bits per heavy atom. The number of hydrogen-bond donors (Lipinski definition) is 0. The summed E-state index contributed by atoms with van der Waals surface area (Å²) in [6, 6.07) is 52.7. The summed E-state index contributed by atoms with van der Waals surface area (Å²) in [5.74, 6) is 0.0995. The maximum Gasteiger partial charge on any atom is 0.120 e. The second-order valence-corrected chi connectivity index (χ2v) is 19.8. The van der Waals surface area contributed by atoms with Gasteiger partial charge in [-0.05, 0) is 58.2 Å². The van der Waals surface area contributed by atoms with Gasteiger partial charge in [0, 0.05) is 42.9 Å². The van der Waals surface area contributed by atoms with Crippen LogP contribution in [0.2, 0.25) is 19.6 Å². The first-order chi connectivity index (χ1) is 27.7. The van der Waals surface area contributed by atoms with Gasteiger partial charge in [0.15, 0.2) is 0 Å². The van der Waals surface area contributed by atoms with Crippen LogP contribution >= 0.6 is 0 Å². The van der Waals surface area contributed by atoms with E-state index in [1.54, 1.807) is 12.1 Å². The van der Waals surface area contributed by atoms with Gasteiger partial charge >= 0.3 is 0 Å². The second kappa shape index (κ2) is 15.8. The molecule has 0 fully saturated rings. The van der Waals surface area contributed by atoms with Crippen LogP contribution < -0.4 is 5.19 Å². The second-order valence-electron chi connectivity index (χ2n) is 14.7. The minimum atomic E-state index is -2.13. The Hall–Kier alpha value is -5.39. The molecule has 275 valence electrons. The van der Waals surface area contributed by atoms with Gasteiger partial charge < -0.3 is 14.0 Å². The van der Waals surface area contributed by atoms with Crippen molar-refractivity contribution in [1.29, 1.82) is 0 Å². The van der Waals surface area contributed by atoms with Gasteiger partial charge in [0.1, 0.15) is 5.58 Å². The first-order valence-corrected chi connectivity index (χ1v) is 21.7. The number of imidazole rings is 1. The number of pyridine rings is 1. The standard InChI is InChI=1S/C31H19N2O.C18H24NSi.Ir/c1-2-10-21(11-3-1)22-12-8-13-23(20-22)33-28-18-6-5-17-27(28)32-31(33)26-16-9-15-25-24-14-4-7-19-29(24)34-30(25)26;1-13(2)16-11-17(15-9-7-14(3)8-10-15)19-12-18(16)20(4,5)6;/h1-15,17-20H;7-9,11-13H,1-6H3;/q2*-1;/i;3D3,13D;. The molecule has 0 amide bonds. The molecule has 9 rings (SSSR count). The molecule has 0 saturated heterocycles. The normalized spacial score (nSPS) is 13.0. The van der Waals surface area contributed by atoms with Crippen molar-refractivity contribution >= 4 is 46.2 Å². The van der Waals surface area contributed by atoms with Crippen LogP contribution in [-0.2, 0) is 20.1 Å². The molecule has 55 heavy (non-hydrogen) atoms. The molecule has 9 aromatic rings. The van der Waals surface area contributed by atoms with E-state index in [2.05, 4.69) is 120 Å². The molecular weight excluding hydrogens is 867 g/mol. The fourth-order valence-corrected chi connectivity index (χ4v) is 8.55. The Bertz CT molecular complexity index is 2910. The van der Waals surface area contributed by atoms with Crippen molar-refractivity contribution in [3.05, 3.63) is 169 Å². The molecule has 3 heterocycles. The fourth-order valence-electron chi connectivity index (χ4n) is 6.96. The van der Waals surface area contributed by atoms with Crippen LogP contribution in [-0.4, -0.2) is 22.6 Å². The van der Waals surface area contributed by atoms with Crippen LogP contribution in [0.4, 0.5) is 0 Å². The van der Waals surface area contributed by atoms with Gasteiger partial charge in [0.2, 0.25) is 0 Å². The fraction of sp³-hybridized carbons (Fsp3) is 0.143. The summed E-state index contributed by atoms with van der Waals surface area (Å²) in [6.07, 6.45) is 1.89. The summed E-state index contributed by atoms with van der Waals surface area (Å²) < 4.78 is 39.3. The molecule has 3 aromatic heterocycles. The zero-order valence-corrected chi connectivity index (χ0v) is 34.8. The minimum absolute atomic E-state index is 0. The van der Waals surface area contributed by atoms with Crippen LogP contribution in [0.1, 0.15) is 36.4 Å². The summed E-state index contributed by atoms with van der Waals surface area (Å²) in [5.41, 5.74) is 10.6. The van der Waals surface area contributed by atoms with Crippen molar-refractivity contribution in [3.8, 4) is 39.5 Å². The van der Waals surface area contributed by atoms with Crippen molar-refractivity contribution in [3.63, 3.8) is 0 Å². The Kier molecular flexibility index (Phi) is 9.45. The first-order valence-electron chi connectivity index (χ1n) is 20.2. The molecule has 4 nitrogen and oxygen atoms in total. The van der Waals surface area contributed by atoms with Crippen molar-refractivity contribution < 1.29 is 30.0 Å². The third kappa shape index (κ3) is 7.63. The van der Waals surface area contributed by atoms with Gasteiger partial charge in [-0.1, -0.05) is 136 Å². The van der Waals surface area contributed by atoms with E-state index in [4.69, 9.17) is 14.9 Å². The van der Waals surface area contributed by atoms with E-state index in [0.717, 1.165) is 72.4 Å². The number of para-hydroxylation sites is 3. The predicted octanol–water partition coefficient (Wildman–Crippen LogP) is 12.6. The van der Waals surface area contributed by atoms with E-state index in [1.807, 2.05) is 62.5 Å². The molecule has 0 aliphatic heterocycles. The van der Waals surface area contributed by atoms with Gasteiger partial charge in [0.25, 0.3) is 0 Å². The van der Waals surface area contributed by atoms with Crippen molar-refractivity contribution in [2.45, 2.75) is 46.2 Å². The topological polar surface area (TPSA) is 43.9 Å². The quantitative estimate of drug-likeness (QED) is 0.123. The number of hydrogen-bond acceptors (Lipinski definition) is 3. The van der Waals surface area contributed by atoms with Gasteiger partial charge in [-0.3, -0.25) is 4.98 Å². The van der Waals surface area contributed by atoms with E-state index in [-0.39, 0.29) is 25.7 Å². The molecule has 6 aromatic carbocycles. The largest absolute Gasteiger partial charge is 0.501 e. The Morgan fingerprint density at radius 2 is 1.55 bits per heavy atom. The SMILES string of the molecule is [2H]C([2H])([2H])c1c[c-]c(-c2cc(C([2H])(C)C)c([Si](C)(C)C)cn2)cc1.[Ir].[c-]1ccc2c(oc3ccccc32)c1-c1nc2ccccc2n1-c1cccc(-c2ccccc2)c1. The molecule has 0 atom stereocenters. The van der Waals surface area contributed by atoms with Gasteiger partial charge in [0.05, 0.1) is 30.5 Å². The monoisotopic (exact) mass is 914 g/mol. The first kappa shape index (κ1) is 33.0. The zero-order chi connectivity index (χ0) is 40.8. The molecular formula is C49H43IrN3OSi-2. The Labute approximate surface area is 343 Å². The maximum atomic E-state index is 8.48. The molecule has 0 aliphatic rings. The molecule has 0 spiro atoms. The summed E-state index contributed by atoms with van der Waals surface area (Å²) in [5, 5.41) is 3.35. The van der Waals surface area contributed by atoms with Crippen LogP contribution in [0.3, 0.4) is 0 Å². The molecule has 0 saturated carbocycles. The van der Waals surface area contributed by atoms with Crippen molar-refractivity contribution in [1.82, 2.24) is 14.5 Å². The molecule has 6 heteroatoms. The summed E-state index contributed by atoms with van der Waals surface area (Å²) in [7, 11) is -1.61. The summed E-state index contributed by atoms with van der Waals surface area (Å²) in [6.45, 7) is 8.38. The Balaban J connectivity index is 0.000000188. The van der Waals surface area contributed by atoms with Crippen molar-refractivity contribution in [2.24, 2.45) is 0 Å². The third-order valence-corrected chi connectivity index (χ3v) is 11.7. The van der Waals surface area contributed by atoms with E-state index in [9.17, 15) is 0 Å². The van der Waals surface area contributed by atoms with Crippen LogP contribution in [0, 0.1) is 19.0 Å². The molecule has 0 bridgehead atoms. The van der Waals surface area contributed by atoms with Crippen LogP contribution in [0.5, 0.6) is 0 Å². The van der Waals surface area contributed by atoms with E-state index in [0.29, 0.717) is 0 Å². The van der Waals surface area contributed by atoms with Gasteiger partial charge in [-0.15, -0.1) is 53.6 Å². The number of aryl methyl sites for hydroxylation is 1. The maximum absolute atomic E-state index is 8.48. The van der Waals surface area contributed by atoms with Gasteiger partial charge in [-0.2, -0.15) is 0 Å². The number of rotatable bonds is 6. The summed E-state index contributed by atoms with van der Waals surface area (Å²) >= 11 is 0. The smallest absolute Gasteiger partial charge is 0.120 e. The number of aromatic nitrogens is 3. The Morgan fingerprint density at radius 1 is 0.782 bits per heavy atom. The zero-order valence-electron chi connectivity index (χ0n) is 35.4. The van der Waals surface area contributed by atoms with E-state index in [1.165, 1.54) is 16.8 Å². The molecule has 0 N–H and O–H groups in total. The number of nitrogens with zero attached hydrogens (tertiary/aromatic N) is 3. The molecule has 0 aliphatic carbocycles. The van der Waals surface area contributed by atoms with Crippen molar-refractivity contribution in [2.75, 3.05) is 0 Å². The number of furan rings is 1. The van der Waals surface area contributed by atoms with Crippen LogP contribution in [0.15, 0.2) is 150 Å². The van der Waals surface area contributed by atoms with E-state index >= 15 is 0 Å². The third-order valence-electron chi connectivity index (χ3n) is 9.67. The van der Waals surface area contributed by atoms with Gasteiger partial charge in [-0.25, -0.2) is 0 Å². The minimum Gasteiger partial charge on any atom is -0.501 e.